The minimum absolute atomic E-state index is 0.181. The lowest BCUT2D eigenvalue weighted by Crippen LogP contribution is -1.98. The molecule has 2 rings (SSSR count). The molecule has 0 aliphatic rings. The predicted octanol–water partition coefficient (Wildman–Crippen LogP) is 2.22. The molecule has 0 aliphatic heterocycles. The maximum atomic E-state index is 11.0. The molecule has 0 saturated carbocycles. The Kier molecular flexibility index (Phi) is 3.14. The number of fused-ring (bicyclic) bond motifs is 1. The molecular formula is C12H13NO4S. The Morgan fingerprint density at radius 2 is 1.94 bits per heavy atom. The van der Waals surface area contributed by atoms with Crippen LogP contribution in [0, 0.1) is 0 Å². The summed E-state index contributed by atoms with van der Waals surface area (Å²) < 4.78 is 31.0. The zero-order valence-electron chi connectivity index (χ0n) is 9.71. The summed E-state index contributed by atoms with van der Waals surface area (Å²) in [5, 5.41) is 14.0. The van der Waals surface area contributed by atoms with E-state index in [-0.39, 0.29) is 10.6 Å². The number of anilines is 1. The molecule has 0 unspecified atom stereocenters. The second-order valence-electron chi connectivity index (χ2n) is 3.88. The Balaban J connectivity index is 2.66. The van der Waals surface area contributed by atoms with Gasteiger partial charge in [0.1, 0.15) is 5.75 Å². The molecular weight excluding hydrogens is 254 g/mol. The summed E-state index contributed by atoms with van der Waals surface area (Å²) in [4.78, 5) is -0.316. The molecule has 2 aromatic rings. The zero-order chi connectivity index (χ0) is 13.3. The molecule has 0 spiro atoms. The molecule has 0 atom stereocenters. The number of phenolic OH excluding ortho intramolecular Hbond substituents is 1. The van der Waals surface area contributed by atoms with Gasteiger partial charge in [0, 0.05) is 23.7 Å². The summed E-state index contributed by atoms with van der Waals surface area (Å²) in [6.45, 7) is 2.70. The maximum Gasteiger partial charge on any atom is 0.294 e. The molecule has 3 N–H and O–H groups in total. The van der Waals surface area contributed by atoms with Gasteiger partial charge in [-0.05, 0) is 30.5 Å². The largest absolute Gasteiger partial charge is 0.507 e. The van der Waals surface area contributed by atoms with Crippen LogP contribution in [0.4, 0.5) is 5.69 Å². The SMILES string of the molecule is CCNc1ccc2cc(S(=O)(=O)O)cc(O)c2c1. The van der Waals surface area contributed by atoms with Crippen molar-refractivity contribution in [2.75, 3.05) is 11.9 Å². The fourth-order valence-corrected chi connectivity index (χ4v) is 2.31. The summed E-state index contributed by atoms with van der Waals surface area (Å²) in [5.74, 6) is -0.181. The summed E-state index contributed by atoms with van der Waals surface area (Å²) >= 11 is 0. The molecule has 0 fully saturated rings. The number of rotatable bonds is 3. The molecule has 0 heterocycles. The lowest BCUT2D eigenvalue weighted by Gasteiger charge is -2.08. The molecule has 0 saturated heterocycles. The van der Waals surface area contributed by atoms with Gasteiger partial charge in [0.15, 0.2) is 0 Å². The second kappa shape index (κ2) is 4.47. The van der Waals surface area contributed by atoms with E-state index in [1.54, 1.807) is 18.2 Å². The molecule has 0 bridgehead atoms. The van der Waals surface area contributed by atoms with Crippen LogP contribution in [0.5, 0.6) is 5.75 Å². The lowest BCUT2D eigenvalue weighted by atomic mass is 10.1. The van der Waals surface area contributed by atoms with E-state index in [0.29, 0.717) is 10.8 Å². The van der Waals surface area contributed by atoms with Gasteiger partial charge in [-0.3, -0.25) is 4.55 Å². The van der Waals surface area contributed by atoms with Crippen LogP contribution in [-0.2, 0) is 10.1 Å². The number of hydrogen-bond acceptors (Lipinski definition) is 4. The monoisotopic (exact) mass is 267 g/mol. The Labute approximate surface area is 105 Å². The molecule has 0 aliphatic carbocycles. The van der Waals surface area contributed by atoms with E-state index in [2.05, 4.69) is 5.32 Å². The first-order valence-electron chi connectivity index (χ1n) is 5.40. The molecule has 18 heavy (non-hydrogen) atoms. The highest BCUT2D eigenvalue weighted by Crippen LogP contribution is 2.30. The van der Waals surface area contributed by atoms with Crippen molar-refractivity contribution >= 4 is 26.6 Å². The smallest absolute Gasteiger partial charge is 0.294 e. The molecule has 96 valence electrons. The van der Waals surface area contributed by atoms with Crippen LogP contribution in [0.25, 0.3) is 10.8 Å². The van der Waals surface area contributed by atoms with E-state index in [0.717, 1.165) is 18.3 Å². The number of hydrogen-bond donors (Lipinski definition) is 3. The minimum Gasteiger partial charge on any atom is -0.507 e. The minimum atomic E-state index is -4.31. The van der Waals surface area contributed by atoms with Crippen LogP contribution in [0.15, 0.2) is 35.2 Å². The Morgan fingerprint density at radius 1 is 1.22 bits per heavy atom. The van der Waals surface area contributed by atoms with Gasteiger partial charge in [-0.25, -0.2) is 0 Å². The van der Waals surface area contributed by atoms with Gasteiger partial charge < -0.3 is 10.4 Å². The fourth-order valence-electron chi connectivity index (χ4n) is 1.77. The third-order valence-electron chi connectivity index (χ3n) is 2.58. The fraction of sp³-hybridized carbons (Fsp3) is 0.167. The van der Waals surface area contributed by atoms with E-state index in [1.165, 1.54) is 6.07 Å². The molecule has 5 nitrogen and oxygen atoms in total. The number of aromatic hydroxyl groups is 1. The molecule has 0 aromatic heterocycles. The Morgan fingerprint density at radius 3 is 2.56 bits per heavy atom. The van der Waals surface area contributed by atoms with Crippen molar-refractivity contribution in [2.45, 2.75) is 11.8 Å². The second-order valence-corrected chi connectivity index (χ2v) is 5.31. The van der Waals surface area contributed by atoms with E-state index in [9.17, 15) is 13.5 Å². The van der Waals surface area contributed by atoms with E-state index >= 15 is 0 Å². The normalized spacial score (nSPS) is 11.7. The topological polar surface area (TPSA) is 86.6 Å². The standard InChI is InChI=1S/C12H13NO4S/c1-2-13-9-4-3-8-5-10(18(15,16)17)7-12(14)11(8)6-9/h3-7,13-14H,2H2,1H3,(H,15,16,17). The van der Waals surface area contributed by atoms with Gasteiger partial charge in [-0.1, -0.05) is 6.07 Å². The average molecular weight is 267 g/mol. The first kappa shape index (κ1) is 12.7. The maximum absolute atomic E-state index is 11.0. The van der Waals surface area contributed by atoms with Crippen LogP contribution in [0.2, 0.25) is 0 Å². The molecule has 0 amide bonds. The van der Waals surface area contributed by atoms with Crippen molar-refractivity contribution in [1.82, 2.24) is 0 Å². The van der Waals surface area contributed by atoms with Gasteiger partial charge in [-0.2, -0.15) is 8.42 Å². The highest BCUT2D eigenvalue weighted by molar-refractivity contribution is 7.85. The van der Waals surface area contributed by atoms with Crippen LogP contribution in [0.3, 0.4) is 0 Å². The van der Waals surface area contributed by atoms with Gasteiger partial charge in [-0.15, -0.1) is 0 Å². The van der Waals surface area contributed by atoms with Crippen molar-refractivity contribution in [3.05, 3.63) is 30.3 Å². The third kappa shape index (κ3) is 2.39. The highest BCUT2D eigenvalue weighted by Gasteiger charge is 2.13. The van der Waals surface area contributed by atoms with Crippen molar-refractivity contribution in [1.29, 1.82) is 0 Å². The molecule has 2 aromatic carbocycles. The first-order chi connectivity index (χ1) is 8.41. The molecule has 0 radical (unpaired) electrons. The van der Waals surface area contributed by atoms with Gasteiger partial charge >= 0.3 is 0 Å². The van der Waals surface area contributed by atoms with Crippen LogP contribution in [0.1, 0.15) is 6.92 Å². The van der Waals surface area contributed by atoms with Crippen molar-refractivity contribution in [2.24, 2.45) is 0 Å². The Hall–Kier alpha value is -1.79. The quantitative estimate of drug-likeness (QED) is 0.742. The predicted molar refractivity (Wildman–Crippen MR) is 69.6 cm³/mol. The van der Waals surface area contributed by atoms with Crippen molar-refractivity contribution in [3.8, 4) is 5.75 Å². The summed E-state index contributed by atoms with van der Waals surface area (Å²) in [7, 11) is -4.31. The Bertz CT molecular complexity index is 695. The van der Waals surface area contributed by atoms with E-state index < -0.39 is 10.1 Å². The van der Waals surface area contributed by atoms with E-state index in [1.807, 2.05) is 6.92 Å². The van der Waals surface area contributed by atoms with Gasteiger partial charge in [0.05, 0.1) is 4.90 Å². The number of nitrogens with one attached hydrogen (secondary N) is 1. The van der Waals surface area contributed by atoms with Crippen molar-refractivity contribution in [3.63, 3.8) is 0 Å². The third-order valence-corrected chi connectivity index (χ3v) is 3.42. The van der Waals surface area contributed by atoms with Crippen LogP contribution < -0.4 is 5.32 Å². The zero-order valence-corrected chi connectivity index (χ0v) is 10.5. The first-order valence-corrected chi connectivity index (χ1v) is 6.84. The summed E-state index contributed by atoms with van der Waals surface area (Å²) in [6, 6.07) is 7.54. The number of benzene rings is 2. The highest BCUT2D eigenvalue weighted by atomic mass is 32.2. The van der Waals surface area contributed by atoms with Crippen LogP contribution >= 0.6 is 0 Å². The molecule has 6 heteroatoms. The average Bonchev–Trinajstić information content (AvgIpc) is 2.29. The van der Waals surface area contributed by atoms with Gasteiger partial charge in [0.2, 0.25) is 0 Å². The summed E-state index contributed by atoms with van der Waals surface area (Å²) in [6.07, 6.45) is 0. The summed E-state index contributed by atoms with van der Waals surface area (Å²) in [5.41, 5.74) is 0.833. The van der Waals surface area contributed by atoms with Gasteiger partial charge in [0.25, 0.3) is 10.1 Å². The van der Waals surface area contributed by atoms with Crippen molar-refractivity contribution < 1.29 is 18.1 Å². The van der Waals surface area contributed by atoms with Crippen LogP contribution in [-0.4, -0.2) is 24.6 Å². The lowest BCUT2D eigenvalue weighted by molar-refractivity contribution is 0.471. The number of phenols is 1. The van der Waals surface area contributed by atoms with E-state index in [4.69, 9.17) is 4.55 Å².